The van der Waals surface area contributed by atoms with Crippen LogP contribution in [0.2, 0.25) is 4.34 Å². The monoisotopic (exact) mass is 328 g/mol. The molecule has 0 atom stereocenters. The zero-order valence-corrected chi connectivity index (χ0v) is 12.6. The summed E-state index contributed by atoms with van der Waals surface area (Å²) in [6, 6.07) is 0.921. The van der Waals surface area contributed by atoms with Crippen molar-refractivity contribution in [3.63, 3.8) is 0 Å². The van der Waals surface area contributed by atoms with Crippen molar-refractivity contribution in [2.45, 2.75) is 30.0 Å². The molecule has 19 heavy (non-hydrogen) atoms. The molecule has 0 amide bonds. The maximum atomic E-state index is 12.0. The van der Waals surface area contributed by atoms with E-state index in [0.29, 0.717) is 11.3 Å². The van der Waals surface area contributed by atoms with Crippen LogP contribution in [0.4, 0.5) is 5.69 Å². The van der Waals surface area contributed by atoms with E-state index in [1.165, 1.54) is 0 Å². The van der Waals surface area contributed by atoms with E-state index in [1.54, 1.807) is 13.8 Å². The highest BCUT2D eigenvalue weighted by atomic mass is 35.5. The van der Waals surface area contributed by atoms with Gasteiger partial charge in [-0.15, -0.1) is 11.3 Å². The minimum absolute atomic E-state index is 0.180. The van der Waals surface area contributed by atoms with E-state index < -0.39 is 26.2 Å². The van der Waals surface area contributed by atoms with Crippen LogP contribution in [-0.2, 0) is 10.0 Å². The summed E-state index contributed by atoms with van der Waals surface area (Å²) in [6.45, 7) is 3.02. The van der Waals surface area contributed by atoms with E-state index in [0.717, 1.165) is 6.07 Å². The molecule has 2 N–H and O–H groups in total. The molecule has 0 aliphatic rings. The molecule has 0 radical (unpaired) electrons. The van der Waals surface area contributed by atoms with Gasteiger partial charge < -0.3 is 5.11 Å². The zero-order valence-electron chi connectivity index (χ0n) is 10.2. The predicted molar refractivity (Wildman–Crippen MR) is 72.1 cm³/mol. The molecule has 0 aliphatic heterocycles. The summed E-state index contributed by atoms with van der Waals surface area (Å²) < 4.78 is 26.0. The minimum atomic E-state index is -3.91. The highest BCUT2D eigenvalue weighted by Gasteiger charge is 2.30. The molecule has 0 unspecified atom stereocenters. The fraction of sp³-hybridized carbons (Fsp3) is 0.556. The highest BCUT2D eigenvalue weighted by molar-refractivity contribution is 7.91. The van der Waals surface area contributed by atoms with Crippen LogP contribution in [0.3, 0.4) is 0 Å². The normalized spacial score (nSPS) is 12.6. The van der Waals surface area contributed by atoms with Gasteiger partial charge in [-0.1, -0.05) is 11.6 Å². The number of aliphatic hydroxyl groups excluding tert-OH is 1. The quantitative estimate of drug-likeness (QED) is 0.610. The number of thiophene rings is 1. The van der Waals surface area contributed by atoms with Gasteiger partial charge in [0.1, 0.15) is 4.21 Å². The van der Waals surface area contributed by atoms with Crippen LogP contribution in [0.15, 0.2) is 10.3 Å². The summed E-state index contributed by atoms with van der Waals surface area (Å²) in [5, 5.41) is 19.5. The maximum absolute atomic E-state index is 12.0. The van der Waals surface area contributed by atoms with E-state index in [1.807, 2.05) is 0 Å². The Balaban J connectivity index is 3.08. The van der Waals surface area contributed by atoms with Crippen LogP contribution in [0.5, 0.6) is 0 Å². The average molecular weight is 329 g/mol. The van der Waals surface area contributed by atoms with Crippen molar-refractivity contribution in [2.75, 3.05) is 6.61 Å². The van der Waals surface area contributed by atoms with Gasteiger partial charge in [0.05, 0.1) is 4.92 Å². The molecule has 0 aliphatic carbocycles. The number of nitro groups is 1. The summed E-state index contributed by atoms with van der Waals surface area (Å²) in [5.41, 5.74) is -1.30. The van der Waals surface area contributed by atoms with Crippen molar-refractivity contribution in [3.05, 3.63) is 20.5 Å². The van der Waals surface area contributed by atoms with E-state index in [-0.39, 0.29) is 21.6 Å². The van der Waals surface area contributed by atoms with Crippen LogP contribution in [-0.4, -0.2) is 30.6 Å². The van der Waals surface area contributed by atoms with Crippen molar-refractivity contribution in [1.29, 1.82) is 0 Å². The van der Waals surface area contributed by atoms with Gasteiger partial charge in [-0.3, -0.25) is 10.1 Å². The number of sulfonamides is 1. The molecule has 10 heteroatoms. The average Bonchev–Trinajstić information content (AvgIpc) is 2.58. The van der Waals surface area contributed by atoms with Crippen molar-refractivity contribution in [1.82, 2.24) is 4.72 Å². The van der Waals surface area contributed by atoms with Gasteiger partial charge in [0, 0.05) is 18.2 Å². The molecule has 0 aromatic carbocycles. The van der Waals surface area contributed by atoms with E-state index >= 15 is 0 Å². The van der Waals surface area contributed by atoms with Gasteiger partial charge in [-0.25, -0.2) is 13.1 Å². The third kappa shape index (κ3) is 4.11. The molecule has 0 fully saturated rings. The lowest BCUT2D eigenvalue weighted by atomic mass is 10.0. The van der Waals surface area contributed by atoms with Gasteiger partial charge >= 0.3 is 0 Å². The summed E-state index contributed by atoms with van der Waals surface area (Å²) in [6.07, 6.45) is 0.216. The molecule has 1 rings (SSSR count). The molecular formula is C9H13ClN2O5S2. The topological polar surface area (TPSA) is 110 Å². The van der Waals surface area contributed by atoms with E-state index in [4.69, 9.17) is 16.7 Å². The molecule has 0 saturated carbocycles. The minimum Gasteiger partial charge on any atom is -0.396 e. The Kier molecular flexibility index (Phi) is 4.91. The lowest BCUT2D eigenvalue weighted by molar-refractivity contribution is -0.384. The van der Waals surface area contributed by atoms with Gasteiger partial charge in [0.2, 0.25) is 0 Å². The number of halogens is 1. The maximum Gasteiger partial charge on any atom is 0.300 e. The second-order valence-electron chi connectivity index (χ2n) is 4.44. The van der Waals surface area contributed by atoms with Crippen LogP contribution >= 0.6 is 22.9 Å². The standard InChI is InChI=1S/C9H13ClN2O5S2/c1-9(2,3-4-13)11-19(16,17)7-5-6(12(14)15)8(10)18-7/h5,11,13H,3-4H2,1-2H3. The zero-order chi connectivity index (χ0) is 14.8. The Labute approximate surface area is 119 Å². The fourth-order valence-corrected chi connectivity index (χ4v) is 4.45. The number of nitrogens with one attached hydrogen (secondary N) is 1. The largest absolute Gasteiger partial charge is 0.396 e. The molecule has 1 aromatic heterocycles. The summed E-state index contributed by atoms with van der Waals surface area (Å²) >= 11 is 6.24. The molecular weight excluding hydrogens is 316 g/mol. The molecule has 7 nitrogen and oxygen atoms in total. The van der Waals surface area contributed by atoms with E-state index in [2.05, 4.69) is 4.72 Å². The van der Waals surface area contributed by atoms with Gasteiger partial charge in [0.25, 0.3) is 15.7 Å². The third-order valence-electron chi connectivity index (χ3n) is 2.26. The number of hydrogen-bond donors (Lipinski definition) is 2. The van der Waals surface area contributed by atoms with Crippen LogP contribution in [0.25, 0.3) is 0 Å². The van der Waals surface area contributed by atoms with Crippen molar-refractivity contribution >= 4 is 38.6 Å². The Bertz CT molecular complexity index is 581. The summed E-state index contributed by atoms with van der Waals surface area (Å²) in [7, 11) is -3.91. The number of hydrogen-bond acceptors (Lipinski definition) is 6. The van der Waals surface area contributed by atoms with E-state index in [9.17, 15) is 18.5 Å². The van der Waals surface area contributed by atoms with Crippen LogP contribution < -0.4 is 4.72 Å². The van der Waals surface area contributed by atoms with Gasteiger partial charge in [-0.2, -0.15) is 0 Å². The Morgan fingerprint density at radius 1 is 1.58 bits per heavy atom. The number of aliphatic hydroxyl groups is 1. The summed E-state index contributed by atoms with van der Waals surface area (Å²) in [5.74, 6) is 0. The Morgan fingerprint density at radius 3 is 2.58 bits per heavy atom. The first-order valence-corrected chi connectivity index (χ1v) is 7.85. The summed E-state index contributed by atoms with van der Waals surface area (Å²) in [4.78, 5) is 9.89. The van der Waals surface area contributed by atoms with Crippen LogP contribution in [0.1, 0.15) is 20.3 Å². The smallest absolute Gasteiger partial charge is 0.300 e. The SMILES string of the molecule is CC(C)(CCO)NS(=O)(=O)c1cc([N+](=O)[O-])c(Cl)s1. The molecule has 0 saturated heterocycles. The highest BCUT2D eigenvalue weighted by Crippen LogP contribution is 2.36. The molecule has 0 bridgehead atoms. The van der Waals surface area contributed by atoms with Crippen LogP contribution in [0, 0.1) is 10.1 Å². The van der Waals surface area contributed by atoms with Crippen molar-refractivity contribution < 1.29 is 18.4 Å². The molecule has 0 spiro atoms. The van der Waals surface area contributed by atoms with Gasteiger partial charge in [0.15, 0.2) is 4.34 Å². The Morgan fingerprint density at radius 2 is 2.16 bits per heavy atom. The first-order valence-electron chi connectivity index (χ1n) is 5.17. The lowest BCUT2D eigenvalue weighted by Crippen LogP contribution is -2.43. The third-order valence-corrected chi connectivity index (χ3v) is 5.76. The Hall–Kier alpha value is -0.740. The predicted octanol–water partition coefficient (Wildman–Crippen LogP) is 1.75. The molecule has 1 heterocycles. The fourth-order valence-electron chi connectivity index (χ4n) is 1.34. The van der Waals surface area contributed by atoms with Crippen molar-refractivity contribution in [3.8, 4) is 0 Å². The lowest BCUT2D eigenvalue weighted by Gasteiger charge is -2.24. The first kappa shape index (κ1) is 16.3. The first-order chi connectivity index (χ1) is 8.59. The number of nitrogens with zero attached hydrogens (tertiary/aromatic N) is 1. The molecule has 108 valence electrons. The van der Waals surface area contributed by atoms with Crippen molar-refractivity contribution in [2.24, 2.45) is 0 Å². The second kappa shape index (κ2) is 5.71. The molecule has 1 aromatic rings. The number of rotatable bonds is 6. The second-order valence-corrected chi connectivity index (χ2v) is 8.01. The van der Waals surface area contributed by atoms with Gasteiger partial charge in [-0.05, 0) is 20.3 Å².